The van der Waals surface area contributed by atoms with E-state index < -0.39 is 0 Å². The monoisotopic (exact) mass is 216 g/mol. The van der Waals surface area contributed by atoms with Gasteiger partial charge in [0.1, 0.15) is 0 Å². The molecule has 0 amide bonds. The van der Waals surface area contributed by atoms with Crippen molar-refractivity contribution in [1.29, 1.82) is 5.26 Å². The van der Waals surface area contributed by atoms with E-state index in [9.17, 15) is 5.11 Å². The lowest BCUT2D eigenvalue weighted by atomic mass is 10.0. The molecule has 1 aromatic carbocycles. The summed E-state index contributed by atoms with van der Waals surface area (Å²) >= 11 is 0. The summed E-state index contributed by atoms with van der Waals surface area (Å²) in [5.74, 6) is 0.371. The molecule has 2 unspecified atom stereocenters. The van der Waals surface area contributed by atoms with Gasteiger partial charge in [-0.25, -0.2) is 0 Å². The molecule has 0 spiro atoms. The third kappa shape index (κ3) is 1.89. The molecule has 1 N–H and O–H groups in total. The predicted molar refractivity (Wildman–Crippen MR) is 63.2 cm³/mol. The SMILES string of the molecule is CC1C(CO)CCN1c1ccc(C#N)cc1. The largest absolute Gasteiger partial charge is 0.396 e. The van der Waals surface area contributed by atoms with Crippen LogP contribution < -0.4 is 4.90 Å². The number of hydrogen-bond acceptors (Lipinski definition) is 3. The lowest BCUT2D eigenvalue weighted by Gasteiger charge is -2.26. The maximum absolute atomic E-state index is 9.21. The van der Waals surface area contributed by atoms with Crippen molar-refractivity contribution in [2.24, 2.45) is 5.92 Å². The average molecular weight is 216 g/mol. The van der Waals surface area contributed by atoms with Crippen LogP contribution in [0.15, 0.2) is 24.3 Å². The first-order valence-corrected chi connectivity index (χ1v) is 5.64. The van der Waals surface area contributed by atoms with E-state index in [1.165, 1.54) is 0 Å². The van der Waals surface area contributed by atoms with Crippen LogP contribution in [0.4, 0.5) is 5.69 Å². The number of hydrogen-bond donors (Lipinski definition) is 1. The molecule has 2 atom stereocenters. The smallest absolute Gasteiger partial charge is 0.0991 e. The highest BCUT2D eigenvalue weighted by Gasteiger charge is 2.29. The molecule has 2 rings (SSSR count). The molecule has 0 bridgehead atoms. The molecule has 0 aromatic heterocycles. The average Bonchev–Trinajstić information content (AvgIpc) is 2.70. The second kappa shape index (κ2) is 4.54. The fourth-order valence-electron chi connectivity index (χ4n) is 2.34. The first kappa shape index (κ1) is 11.0. The molecule has 84 valence electrons. The Morgan fingerprint density at radius 3 is 2.62 bits per heavy atom. The van der Waals surface area contributed by atoms with Crippen molar-refractivity contribution >= 4 is 5.69 Å². The molecule has 1 saturated heterocycles. The highest BCUT2D eigenvalue weighted by molar-refractivity contribution is 5.51. The molecule has 0 radical (unpaired) electrons. The van der Waals surface area contributed by atoms with E-state index in [4.69, 9.17) is 5.26 Å². The van der Waals surface area contributed by atoms with Crippen molar-refractivity contribution in [3.05, 3.63) is 29.8 Å². The summed E-state index contributed by atoms with van der Waals surface area (Å²) in [6, 6.07) is 10.1. The van der Waals surface area contributed by atoms with Crippen molar-refractivity contribution in [1.82, 2.24) is 0 Å². The molecule has 1 aliphatic rings. The molecule has 1 fully saturated rings. The summed E-state index contributed by atoms with van der Waals surface area (Å²) in [5.41, 5.74) is 1.83. The van der Waals surface area contributed by atoms with Crippen LogP contribution in [-0.4, -0.2) is 24.3 Å². The highest BCUT2D eigenvalue weighted by atomic mass is 16.3. The van der Waals surface area contributed by atoms with Crippen molar-refractivity contribution < 1.29 is 5.11 Å². The number of nitrogens with zero attached hydrogens (tertiary/aromatic N) is 2. The maximum Gasteiger partial charge on any atom is 0.0991 e. The van der Waals surface area contributed by atoms with Crippen LogP contribution >= 0.6 is 0 Å². The molecule has 16 heavy (non-hydrogen) atoms. The third-order valence-electron chi connectivity index (χ3n) is 3.48. The van der Waals surface area contributed by atoms with E-state index in [1.807, 2.05) is 24.3 Å². The molecule has 0 aliphatic carbocycles. The van der Waals surface area contributed by atoms with Gasteiger partial charge in [0, 0.05) is 30.8 Å². The number of aliphatic hydroxyl groups is 1. The lowest BCUT2D eigenvalue weighted by molar-refractivity contribution is 0.221. The summed E-state index contributed by atoms with van der Waals surface area (Å²) < 4.78 is 0. The first-order chi connectivity index (χ1) is 7.76. The normalized spacial score (nSPS) is 24.4. The summed E-state index contributed by atoms with van der Waals surface area (Å²) in [6.45, 7) is 3.39. The van der Waals surface area contributed by atoms with E-state index >= 15 is 0 Å². The van der Waals surface area contributed by atoms with Crippen molar-refractivity contribution in [2.75, 3.05) is 18.1 Å². The number of aliphatic hydroxyl groups excluding tert-OH is 1. The lowest BCUT2D eigenvalue weighted by Crippen LogP contribution is -2.30. The Morgan fingerprint density at radius 2 is 2.12 bits per heavy atom. The van der Waals surface area contributed by atoms with E-state index in [2.05, 4.69) is 17.9 Å². The quantitative estimate of drug-likeness (QED) is 0.819. The van der Waals surface area contributed by atoms with Gasteiger partial charge in [-0.05, 0) is 37.6 Å². The summed E-state index contributed by atoms with van der Waals surface area (Å²) in [7, 11) is 0. The van der Waals surface area contributed by atoms with Crippen LogP contribution in [0.3, 0.4) is 0 Å². The van der Waals surface area contributed by atoms with Gasteiger partial charge in [0.2, 0.25) is 0 Å². The second-order valence-corrected chi connectivity index (χ2v) is 4.32. The second-order valence-electron chi connectivity index (χ2n) is 4.32. The number of anilines is 1. The molecule has 1 heterocycles. The van der Waals surface area contributed by atoms with Crippen LogP contribution in [0.25, 0.3) is 0 Å². The minimum atomic E-state index is 0.258. The Bertz CT molecular complexity index is 393. The van der Waals surface area contributed by atoms with Crippen LogP contribution in [0.2, 0.25) is 0 Å². The van der Waals surface area contributed by atoms with Gasteiger partial charge in [0.15, 0.2) is 0 Å². The van der Waals surface area contributed by atoms with Crippen LogP contribution in [-0.2, 0) is 0 Å². The first-order valence-electron chi connectivity index (χ1n) is 5.64. The Balaban J connectivity index is 2.16. The maximum atomic E-state index is 9.21. The highest BCUT2D eigenvalue weighted by Crippen LogP contribution is 2.29. The van der Waals surface area contributed by atoms with Gasteiger partial charge in [0.05, 0.1) is 11.6 Å². The van der Waals surface area contributed by atoms with Gasteiger partial charge in [-0.1, -0.05) is 0 Å². The fraction of sp³-hybridized carbons (Fsp3) is 0.462. The molecule has 3 heteroatoms. The van der Waals surface area contributed by atoms with Gasteiger partial charge in [0.25, 0.3) is 0 Å². The van der Waals surface area contributed by atoms with Gasteiger partial charge in [-0.3, -0.25) is 0 Å². The van der Waals surface area contributed by atoms with Crippen LogP contribution in [0, 0.1) is 17.2 Å². The molecular weight excluding hydrogens is 200 g/mol. The van der Waals surface area contributed by atoms with Crippen LogP contribution in [0.5, 0.6) is 0 Å². The third-order valence-corrected chi connectivity index (χ3v) is 3.48. The van der Waals surface area contributed by atoms with E-state index in [-0.39, 0.29) is 6.61 Å². The zero-order valence-corrected chi connectivity index (χ0v) is 9.43. The standard InChI is InChI=1S/C13H16N2O/c1-10-12(9-16)6-7-15(10)13-4-2-11(8-14)3-5-13/h2-5,10,12,16H,6-7,9H2,1H3. The minimum absolute atomic E-state index is 0.258. The Labute approximate surface area is 95.9 Å². The van der Waals surface area contributed by atoms with Gasteiger partial charge < -0.3 is 10.0 Å². The van der Waals surface area contributed by atoms with Crippen LogP contribution in [0.1, 0.15) is 18.9 Å². The summed E-state index contributed by atoms with van der Waals surface area (Å²) in [6.07, 6.45) is 1.04. The number of rotatable bonds is 2. The van der Waals surface area contributed by atoms with Crippen molar-refractivity contribution in [3.8, 4) is 6.07 Å². The fourth-order valence-corrected chi connectivity index (χ4v) is 2.34. The minimum Gasteiger partial charge on any atom is -0.396 e. The topological polar surface area (TPSA) is 47.3 Å². The van der Waals surface area contributed by atoms with Crippen molar-refractivity contribution in [2.45, 2.75) is 19.4 Å². The Kier molecular flexibility index (Phi) is 3.12. The zero-order valence-electron chi connectivity index (χ0n) is 9.43. The molecular formula is C13H16N2O. The van der Waals surface area contributed by atoms with Gasteiger partial charge >= 0.3 is 0 Å². The Hall–Kier alpha value is -1.53. The molecule has 1 aliphatic heterocycles. The number of nitriles is 1. The van der Waals surface area contributed by atoms with E-state index in [1.54, 1.807) is 0 Å². The summed E-state index contributed by atoms with van der Waals surface area (Å²) in [5, 5.41) is 17.9. The van der Waals surface area contributed by atoms with Gasteiger partial charge in [-0.2, -0.15) is 5.26 Å². The predicted octanol–water partition coefficient (Wildman–Crippen LogP) is 1.77. The molecule has 1 aromatic rings. The van der Waals surface area contributed by atoms with Crippen molar-refractivity contribution in [3.63, 3.8) is 0 Å². The zero-order chi connectivity index (χ0) is 11.5. The molecule has 0 saturated carbocycles. The van der Waals surface area contributed by atoms with E-state index in [0.29, 0.717) is 17.5 Å². The Morgan fingerprint density at radius 1 is 1.44 bits per heavy atom. The van der Waals surface area contributed by atoms with E-state index in [0.717, 1.165) is 18.7 Å². The summed E-state index contributed by atoms with van der Waals surface area (Å²) in [4.78, 5) is 2.29. The van der Waals surface area contributed by atoms with Gasteiger partial charge in [-0.15, -0.1) is 0 Å². The molecule has 3 nitrogen and oxygen atoms in total. The number of benzene rings is 1.